The van der Waals surface area contributed by atoms with Crippen LogP contribution in [0.25, 0.3) is 22.2 Å². The van der Waals surface area contributed by atoms with E-state index in [1.807, 2.05) is 30.3 Å². The Kier molecular flexibility index (Phi) is 3.88. The molecule has 2 heterocycles. The average molecular weight is 400 g/mol. The van der Waals surface area contributed by atoms with Gasteiger partial charge in [0.2, 0.25) is 8.32 Å². The number of hydrogen-bond donors (Lipinski definition) is 1. The van der Waals surface area contributed by atoms with Gasteiger partial charge in [-0.3, -0.25) is 0 Å². The van der Waals surface area contributed by atoms with Crippen molar-refractivity contribution in [2.75, 3.05) is 0 Å². The van der Waals surface area contributed by atoms with Crippen LogP contribution in [0, 0.1) is 0 Å². The number of rotatable bonds is 2. The van der Waals surface area contributed by atoms with Gasteiger partial charge in [0, 0.05) is 22.0 Å². The van der Waals surface area contributed by atoms with Crippen LogP contribution in [0.3, 0.4) is 0 Å². The predicted molar refractivity (Wildman–Crippen MR) is 112 cm³/mol. The van der Waals surface area contributed by atoms with E-state index in [1.54, 1.807) is 12.1 Å². The molecule has 3 aromatic rings. The van der Waals surface area contributed by atoms with Gasteiger partial charge in [-0.1, -0.05) is 39.0 Å². The summed E-state index contributed by atoms with van der Waals surface area (Å²) < 4.78 is 32.0. The number of aromatic nitrogens is 1. The molecule has 4 rings (SSSR count). The fourth-order valence-corrected chi connectivity index (χ4v) is 5.98. The van der Waals surface area contributed by atoms with E-state index < -0.39 is 18.2 Å². The molecule has 6 heteroatoms. The van der Waals surface area contributed by atoms with Gasteiger partial charge >= 0.3 is 0 Å². The molecule has 0 saturated heterocycles. The van der Waals surface area contributed by atoms with E-state index in [0.29, 0.717) is 4.90 Å². The van der Waals surface area contributed by atoms with Gasteiger partial charge in [0.1, 0.15) is 5.75 Å². The minimum absolute atomic E-state index is 0.0168. The number of hydrogen-bond acceptors (Lipinski definition) is 3. The molecule has 142 valence electrons. The maximum Gasteiger partial charge on any atom is 0.250 e. The first-order valence-corrected chi connectivity index (χ1v) is 13.7. The van der Waals surface area contributed by atoms with Gasteiger partial charge < -0.3 is 9.41 Å². The molecule has 27 heavy (non-hydrogen) atoms. The molecule has 0 saturated carbocycles. The maximum absolute atomic E-state index is 12.8. The summed E-state index contributed by atoms with van der Waals surface area (Å²) in [6.45, 7) is 11.0. The highest BCUT2D eigenvalue weighted by molar-refractivity contribution is 7.91. The second-order valence-corrected chi connectivity index (χ2v) is 15.5. The highest BCUT2D eigenvalue weighted by Gasteiger charge is 2.39. The van der Waals surface area contributed by atoms with E-state index in [0.717, 1.165) is 33.5 Å². The zero-order chi connectivity index (χ0) is 19.6. The molecule has 0 amide bonds. The topological polar surface area (TPSA) is 59.2 Å². The summed E-state index contributed by atoms with van der Waals surface area (Å²) >= 11 is 0. The molecule has 0 aliphatic carbocycles. The fraction of sp³-hybridized carbons (Fsp3) is 0.333. The van der Waals surface area contributed by atoms with Gasteiger partial charge in [-0.2, -0.15) is 0 Å². The van der Waals surface area contributed by atoms with Crippen molar-refractivity contribution in [2.45, 2.75) is 49.6 Å². The third-order valence-corrected chi connectivity index (χ3v) is 11.9. The molecule has 4 nitrogen and oxygen atoms in total. The third kappa shape index (κ3) is 2.91. The third-order valence-electron chi connectivity index (χ3n) is 5.88. The molecule has 1 aliphatic rings. The zero-order valence-electron chi connectivity index (χ0n) is 16.4. The second-order valence-electron chi connectivity index (χ2n) is 8.80. The molecule has 2 aromatic carbocycles. The largest absolute Gasteiger partial charge is 0.543 e. The zero-order valence-corrected chi connectivity index (χ0v) is 18.2. The highest BCUT2D eigenvalue weighted by Crippen LogP contribution is 2.43. The van der Waals surface area contributed by atoms with E-state index in [9.17, 15) is 8.42 Å². The number of H-pyrrole nitrogens is 1. The number of fused-ring (bicyclic) bond motifs is 5. The van der Waals surface area contributed by atoms with Crippen molar-refractivity contribution in [1.82, 2.24) is 4.98 Å². The first-order chi connectivity index (χ1) is 12.5. The first kappa shape index (κ1) is 18.3. The van der Waals surface area contributed by atoms with E-state index >= 15 is 0 Å². The number of benzene rings is 2. The second kappa shape index (κ2) is 5.72. The van der Waals surface area contributed by atoms with Crippen molar-refractivity contribution < 1.29 is 12.8 Å². The van der Waals surface area contributed by atoms with E-state index in [4.69, 9.17) is 4.43 Å². The molecule has 1 aromatic heterocycles. The van der Waals surface area contributed by atoms with Gasteiger partial charge in [0.15, 0.2) is 9.84 Å². The van der Waals surface area contributed by atoms with E-state index in [2.05, 4.69) is 38.8 Å². The normalized spacial score (nSPS) is 16.0. The molecular formula is C21H25NO3SSi. The Labute approximate surface area is 161 Å². The van der Waals surface area contributed by atoms with Gasteiger partial charge in [-0.15, -0.1) is 0 Å². The van der Waals surface area contributed by atoms with Gasteiger partial charge in [0.05, 0.1) is 16.3 Å². The van der Waals surface area contributed by atoms with Crippen LogP contribution in [0.15, 0.2) is 47.4 Å². The Morgan fingerprint density at radius 1 is 1.07 bits per heavy atom. The van der Waals surface area contributed by atoms with Crippen LogP contribution in [0.5, 0.6) is 5.75 Å². The minimum Gasteiger partial charge on any atom is -0.543 e. The molecular weight excluding hydrogens is 374 g/mol. The van der Waals surface area contributed by atoms with Crippen molar-refractivity contribution in [3.05, 3.63) is 48.0 Å². The Bertz CT molecular complexity index is 1150. The predicted octanol–water partition coefficient (Wildman–Crippen LogP) is 5.51. The number of sulfone groups is 1. The number of aromatic amines is 1. The van der Waals surface area contributed by atoms with Crippen LogP contribution < -0.4 is 4.43 Å². The van der Waals surface area contributed by atoms with Crippen LogP contribution in [-0.4, -0.2) is 21.7 Å². The van der Waals surface area contributed by atoms with Crippen molar-refractivity contribution in [3.63, 3.8) is 0 Å². The molecule has 0 bridgehead atoms. The summed E-state index contributed by atoms with van der Waals surface area (Å²) in [6, 6.07) is 13.2. The van der Waals surface area contributed by atoms with Gasteiger partial charge in [-0.05, 0) is 42.4 Å². The fourth-order valence-electron chi connectivity index (χ4n) is 3.33. The summed E-state index contributed by atoms with van der Waals surface area (Å²) in [5, 5.41) is 1.03. The van der Waals surface area contributed by atoms with Crippen molar-refractivity contribution in [1.29, 1.82) is 0 Å². The van der Waals surface area contributed by atoms with Gasteiger partial charge in [-0.25, -0.2) is 8.42 Å². The van der Waals surface area contributed by atoms with Crippen LogP contribution in [-0.2, 0) is 15.6 Å². The standard InChI is InChI=1S/C21H25NO3SSi/c1-21(2,3)27(4,5)25-14-10-11-18-16(12-14)17-13-26(23,24)19-9-7-6-8-15(19)20(17)22-18/h6-12,22H,13H2,1-5H3. The Balaban J connectivity index is 1.87. The van der Waals surface area contributed by atoms with E-state index in [-0.39, 0.29) is 10.8 Å². The average Bonchev–Trinajstić information content (AvgIpc) is 2.91. The summed E-state index contributed by atoms with van der Waals surface area (Å²) in [6.07, 6.45) is 0. The maximum atomic E-state index is 12.8. The monoisotopic (exact) mass is 399 g/mol. The Hall–Kier alpha value is -2.05. The summed E-state index contributed by atoms with van der Waals surface area (Å²) in [4.78, 5) is 3.83. The quantitative estimate of drug-likeness (QED) is 0.578. The molecule has 0 radical (unpaired) electrons. The lowest BCUT2D eigenvalue weighted by Crippen LogP contribution is -2.43. The van der Waals surface area contributed by atoms with Crippen molar-refractivity contribution in [2.24, 2.45) is 0 Å². The number of nitrogens with one attached hydrogen (secondary N) is 1. The van der Waals surface area contributed by atoms with Crippen LogP contribution in [0.4, 0.5) is 0 Å². The van der Waals surface area contributed by atoms with Crippen molar-refractivity contribution >= 4 is 29.1 Å². The van der Waals surface area contributed by atoms with Gasteiger partial charge in [0.25, 0.3) is 0 Å². The molecule has 0 unspecified atom stereocenters. The molecule has 1 aliphatic heterocycles. The molecule has 0 spiro atoms. The van der Waals surface area contributed by atoms with Crippen molar-refractivity contribution in [3.8, 4) is 17.0 Å². The van der Waals surface area contributed by atoms with Crippen LogP contribution in [0.2, 0.25) is 18.1 Å². The summed E-state index contributed by atoms with van der Waals surface area (Å²) in [7, 11) is -5.30. The van der Waals surface area contributed by atoms with E-state index in [1.165, 1.54) is 0 Å². The van der Waals surface area contributed by atoms with Crippen LogP contribution in [0.1, 0.15) is 26.3 Å². The smallest absolute Gasteiger partial charge is 0.250 e. The summed E-state index contributed by atoms with van der Waals surface area (Å²) in [5.41, 5.74) is 3.43. The lowest BCUT2D eigenvalue weighted by molar-refractivity contribution is 0.493. The van der Waals surface area contributed by atoms with Crippen LogP contribution >= 0.6 is 0 Å². The Morgan fingerprint density at radius 2 is 1.78 bits per heavy atom. The SMILES string of the molecule is CC(C)(C)[Si](C)(C)Oc1ccc2[nH]c3c(c2c1)CS(=O)(=O)c1ccccc1-3. The molecule has 0 atom stereocenters. The summed E-state index contributed by atoms with van der Waals surface area (Å²) in [5.74, 6) is 0.829. The minimum atomic E-state index is -3.34. The lowest BCUT2D eigenvalue weighted by Gasteiger charge is -2.36. The lowest BCUT2D eigenvalue weighted by atomic mass is 10.1. The Morgan fingerprint density at radius 3 is 2.48 bits per heavy atom. The first-order valence-electron chi connectivity index (χ1n) is 9.15. The molecule has 1 N–H and O–H groups in total. The highest BCUT2D eigenvalue weighted by atomic mass is 32.2. The molecule has 0 fully saturated rings.